The van der Waals surface area contributed by atoms with Gasteiger partial charge in [-0.3, -0.25) is 4.79 Å². The maximum absolute atomic E-state index is 12.8. The van der Waals surface area contributed by atoms with Gasteiger partial charge in [-0.25, -0.2) is 0 Å². The molecule has 1 unspecified atom stereocenters. The minimum atomic E-state index is 0.0198. The molecule has 3 rings (SSSR count). The molecule has 1 saturated heterocycles. The van der Waals surface area contributed by atoms with Crippen LogP contribution in [-0.4, -0.2) is 23.4 Å². The summed E-state index contributed by atoms with van der Waals surface area (Å²) in [5.74, 6) is 0.485. The molecule has 21 heavy (non-hydrogen) atoms. The summed E-state index contributed by atoms with van der Waals surface area (Å²) in [7, 11) is 0. The van der Waals surface area contributed by atoms with Crippen LogP contribution in [0.15, 0.2) is 22.6 Å². The highest BCUT2D eigenvalue weighted by molar-refractivity contribution is 6.31. The Bertz CT molecular complexity index is 677. The number of amides is 1. The number of aryl methyl sites for hydroxylation is 1. The molecule has 2 aromatic rings. The van der Waals surface area contributed by atoms with Crippen LogP contribution in [0.4, 0.5) is 0 Å². The van der Waals surface area contributed by atoms with Crippen molar-refractivity contribution in [1.82, 2.24) is 4.90 Å². The van der Waals surface area contributed by atoms with Crippen LogP contribution in [0, 0.1) is 6.92 Å². The van der Waals surface area contributed by atoms with Crippen molar-refractivity contribution in [3.8, 4) is 0 Å². The lowest BCUT2D eigenvalue weighted by molar-refractivity contribution is 0.0577. The van der Waals surface area contributed by atoms with Crippen LogP contribution in [0.1, 0.15) is 48.7 Å². The Labute approximate surface area is 129 Å². The lowest BCUT2D eigenvalue weighted by Gasteiger charge is -2.34. The van der Waals surface area contributed by atoms with Gasteiger partial charge in [0.25, 0.3) is 5.91 Å². The highest BCUT2D eigenvalue weighted by Gasteiger charge is 2.29. The zero-order chi connectivity index (χ0) is 15.0. The van der Waals surface area contributed by atoms with Crippen molar-refractivity contribution in [2.24, 2.45) is 0 Å². The maximum atomic E-state index is 12.8. The molecule has 112 valence electrons. The Hall–Kier alpha value is -1.48. The second-order valence-electron chi connectivity index (χ2n) is 5.75. The Balaban J connectivity index is 1.99. The topological polar surface area (TPSA) is 33.5 Å². The number of benzene rings is 1. The van der Waals surface area contributed by atoms with Gasteiger partial charge >= 0.3 is 0 Å². The number of rotatable bonds is 2. The van der Waals surface area contributed by atoms with Gasteiger partial charge in [-0.15, -0.1) is 0 Å². The van der Waals surface area contributed by atoms with Crippen molar-refractivity contribution in [1.29, 1.82) is 0 Å². The molecule has 3 nitrogen and oxygen atoms in total. The third-order valence-electron chi connectivity index (χ3n) is 4.45. The monoisotopic (exact) mass is 305 g/mol. The molecule has 1 aromatic carbocycles. The normalized spacial score (nSPS) is 19.2. The van der Waals surface area contributed by atoms with E-state index in [1.165, 1.54) is 6.42 Å². The number of hydrogen-bond acceptors (Lipinski definition) is 2. The van der Waals surface area contributed by atoms with E-state index >= 15 is 0 Å². The molecule has 0 spiro atoms. The first-order chi connectivity index (χ1) is 10.1. The van der Waals surface area contributed by atoms with Gasteiger partial charge in [-0.1, -0.05) is 18.5 Å². The van der Waals surface area contributed by atoms with Gasteiger partial charge in [0.05, 0.1) is 0 Å². The van der Waals surface area contributed by atoms with Crippen molar-refractivity contribution in [3.63, 3.8) is 0 Å². The highest BCUT2D eigenvalue weighted by Crippen LogP contribution is 2.30. The molecule has 2 heterocycles. The number of carbonyl (C=O) groups is 1. The molecule has 4 heteroatoms. The van der Waals surface area contributed by atoms with Crippen LogP contribution in [0.5, 0.6) is 0 Å². The summed E-state index contributed by atoms with van der Waals surface area (Å²) >= 11 is 6.04. The van der Waals surface area contributed by atoms with E-state index in [9.17, 15) is 4.79 Å². The standard InChI is InChI=1S/C17H20ClNO2/c1-3-13-6-4-5-9-19(13)17(20)16-11(2)14-10-12(18)7-8-15(14)21-16/h7-8,10,13H,3-6,9H2,1-2H3. The molecular formula is C17H20ClNO2. The van der Waals surface area contributed by atoms with E-state index in [0.717, 1.165) is 42.3 Å². The van der Waals surface area contributed by atoms with E-state index in [1.54, 1.807) is 6.07 Å². The predicted molar refractivity (Wildman–Crippen MR) is 84.9 cm³/mol. The summed E-state index contributed by atoms with van der Waals surface area (Å²) in [6, 6.07) is 5.81. The molecule has 0 N–H and O–H groups in total. The van der Waals surface area contributed by atoms with Gasteiger partial charge in [0, 0.05) is 28.6 Å². The largest absolute Gasteiger partial charge is 0.451 e. The van der Waals surface area contributed by atoms with Gasteiger partial charge in [0.1, 0.15) is 5.58 Å². The molecule has 0 aliphatic carbocycles. The summed E-state index contributed by atoms with van der Waals surface area (Å²) in [4.78, 5) is 14.8. The lowest BCUT2D eigenvalue weighted by atomic mass is 9.99. The third kappa shape index (κ3) is 2.55. The minimum absolute atomic E-state index is 0.0198. The van der Waals surface area contributed by atoms with Crippen molar-refractivity contribution < 1.29 is 9.21 Å². The summed E-state index contributed by atoms with van der Waals surface area (Å²) in [5, 5.41) is 1.59. The Morgan fingerprint density at radius 1 is 1.43 bits per heavy atom. The van der Waals surface area contributed by atoms with Crippen LogP contribution in [0.2, 0.25) is 5.02 Å². The number of halogens is 1. The molecule has 0 radical (unpaired) electrons. The molecule has 1 amide bonds. The number of hydrogen-bond donors (Lipinski definition) is 0. The van der Waals surface area contributed by atoms with Crippen molar-refractivity contribution in [2.45, 2.75) is 45.6 Å². The Morgan fingerprint density at radius 2 is 2.24 bits per heavy atom. The van der Waals surface area contributed by atoms with Crippen molar-refractivity contribution >= 4 is 28.5 Å². The van der Waals surface area contributed by atoms with Crippen LogP contribution in [0.3, 0.4) is 0 Å². The molecule has 1 fully saturated rings. The van der Waals surface area contributed by atoms with Crippen LogP contribution in [-0.2, 0) is 0 Å². The Morgan fingerprint density at radius 3 is 3.00 bits per heavy atom. The molecule has 0 saturated carbocycles. The van der Waals surface area contributed by atoms with Gasteiger partial charge in [0.15, 0.2) is 5.76 Å². The number of carbonyl (C=O) groups excluding carboxylic acids is 1. The second kappa shape index (κ2) is 5.72. The van der Waals surface area contributed by atoms with Gasteiger partial charge in [-0.05, 0) is 50.8 Å². The van der Waals surface area contributed by atoms with Gasteiger partial charge < -0.3 is 9.32 Å². The van der Waals surface area contributed by atoms with E-state index < -0.39 is 0 Å². The lowest BCUT2D eigenvalue weighted by Crippen LogP contribution is -2.43. The average Bonchev–Trinajstić information content (AvgIpc) is 2.83. The number of nitrogens with zero attached hydrogens (tertiary/aromatic N) is 1. The maximum Gasteiger partial charge on any atom is 0.290 e. The van der Waals surface area contributed by atoms with Gasteiger partial charge in [0.2, 0.25) is 0 Å². The summed E-state index contributed by atoms with van der Waals surface area (Å²) < 4.78 is 5.81. The predicted octanol–water partition coefficient (Wildman–Crippen LogP) is 4.80. The summed E-state index contributed by atoms with van der Waals surface area (Å²) in [5.41, 5.74) is 1.61. The highest BCUT2D eigenvalue weighted by atomic mass is 35.5. The third-order valence-corrected chi connectivity index (χ3v) is 4.69. The number of fused-ring (bicyclic) bond motifs is 1. The molecular weight excluding hydrogens is 286 g/mol. The number of furan rings is 1. The van der Waals surface area contributed by atoms with E-state index in [1.807, 2.05) is 24.0 Å². The fraction of sp³-hybridized carbons (Fsp3) is 0.471. The fourth-order valence-electron chi connectivity index (χ4n) is 3.22. The zero-order valence-corrected chi connectivity index (χ0v) is 13.2. The number of piperidine rings is 1. The van der Waals surface area contributed by atoms with E-state index in [0.29, 0.717) is 16.8 Å². The smallest absolute Gasteiger partial charge is 0.290 e. The first-order valence-electron chi connectivity index (χ1n) is 7.61. The van der Waals surface area contributed by atoms with Crippen molar-refractivity contribution in [3.05, 3.63) is 34.5 Å². The van der Waals surface area contributed by atoms with E-state index in [4.69, 9.17) is 16.0 Å². The van der Waals surface area contributed by atoms with Gasteiger partial charge in [-0.2, -0.15) is 0 Å². The average molecular weight is 306 g/mol. The second-order valence-corrected chi connectivity index (χ2v) is 6.19. The molecule has 1 aliphatic rings. The fourth-order valence-corrected chi connectivity index (χ4v) is 3.39. The van der Waals surface area contributed by atoms with Crippen LogP contribution >= 0.6 is 11.6 Å². The van der Waals surface area contributed by atoms with Crippen LogP contribution in [0.25, 0.3) is 11.0 Å². The summed E-state index contributed by atoms with van der Waals surface area (Å²) in [6.07, 6.45) is 4.37. The Kier molecular flexibility index (Phi) is 3.94. The van der Waals surface area contributed by atoms with Crippen LogP contribution < -0.4 is 0 Å². The SMILES string of the molecule is CCC1CCCCN1C(=O)c1oc2ccc(Cl)cc2c1C. The molecule has 1 atom stereocenters. The molecule has 1 aliphatic heterocycles. The number of likely N-dealkylation sites (tertiary alicyclic amines) is 1. The zero-order valence-electron chi connectivity index (χ0n) is 12.5. The molecule has 1 aromatic heterocycles. The van der Waals surface area contributed by atoms with E-state index in [2.05, 4.69) is 6.92 Å². The first-order valence-corrected chi connectivity index (χ1v) is 7.99. The quantitative estimate of drug-likeness (QED) is 0.798. The van der Waals surface area contributed by atoms with E-state index in [-0.39, 0.29) is 5.91 Å². The van der Waals surface area contributed by atoms with Crippen molar-refractivity contribution in [2.75, 3.05) is 6.54 Å². The first kappa shape index (κ1) is 14.5. The molecule has 0 bridgehead atoms. The minimum Gasteiger partial charge on any atom is -0.451 e. The summed E-state index contributed by atoms with van der Waals surface area (Å²) in [6.45, 7) is 4.90.